The van der Waals surface area contributed by atoms with Gasteiger partial charge in [-0.1, -0.05) is 6.07 Å². The third-order valence-corrected chi connectivity index (χ3v) is 4.50. The van der Waals surface area contributed by atoms with E-state index in [0.29, 0.717) is 24.6 Å². The van der Waals surface area contributed by atoms with Crippen molar-refractivity contribution in [2.24, 2.45) is 0 Å². The van der Waals surface area contributed by atoms with Gasteiger partial charge in [-0.15, -0.1) is 15.3 Å². The Morgan fingerprint density at radius 1 is 1.16 bits per heavy atom. The van der Waals surface area contributed by atoms with E-state index in [1.807, 2.05) is 52.2 Å². The molecule has 0 spiro atoms. The van der Waals surface area contributed by atoms with Gasteiger partial charge in [0.1, 0.15) is 5.82 Å². The predicted octanol–water partition coefficient (Wildman–Crippen LogP) is 2.25. The molecule has 0 aliphatic rings. The van der Waals surface area contributed by atoms with Gasteiger partial charge in [-0.05, 0) is 35.2 Å². The van der Waals surface area contributed by atoms with Gasteiger partial charge in [0.15, 0.2) is 11.5 Å². The molecule has 126 valence electrons. The van der Waals surface area contributed by atoms with E-state index in [0.717, 1.165) is 16.9 Å². The molecule has 4 aromatic rings. The number of nitrogens with zero attached hydrogens (tertiary/aromatic N) is 6. The summed E-state index contributed by atoms with van der Waals surface area (Å²) in [6.45, 7) is 1.13. The second-order valence-electron chi connectivity index (χ2n) is 5.50. The summed E-state index contributed by atoms with van der Waals surface area (Å²) in [5.74, 6) is 1.46. The number of rotatable bonds is 6. The molecule has 0 bridgehead atoms. The number of pyridine rings is 1. The summed E-state index contributed by atoms with van der Waals surface area (Å²) in [6, 6.07) is 9.69. The van der Waals surface area contributed by atoms with Gasteiger partial charge in [0.05, 0.1) is 6.61 Å². The number of anilines is 1. The predicted molar refractivity (Wildman–Crippen MR) is 96.5 cm³/mol. The summed E-state index contributed by atoms with van der Waals surface area (Å²) in [5.41, 5.74) is 2.73. The first-order valence-electron chi connectivity index (χ1n) is 7.85. The topological polar surface area (TPSA) is 79.4 Å². The van der Waals surface area contributed by atoms with Gasteiger partial charge in [-0.25, -0.2) is 0 Å². The Bertz CT molecular complexity index is 954. The molecule has 0 aromatic carbocycles. The lowest BCUT2D eigenvalue weighted by Crippen LogP contribution is -2.27. The Morgan fingerprint density at radius 3 is 2.88 bits per heavy atom. The van der Waals surface area contributed by atoms with E-state index in [-0.39, 0.29) is 6.61 Å². The monoisotopic (exact) mass is 352 g/mol. The molecule has 0 fully saturated rings. The van der Waals surface area contributed by atoms with Crippen LogP contribution in [0.3, 0.4) is 0 Å². The van der Waals surface area contributed by atoms with E-state index in [2.05, 4.69) is 15.2 Å². The van der Waals surface area contributed by atoms with Crippen LogP contribution in [0.5, 0.6) is 0 Å². The van der Waals surface area contributed by atoms with Gasteiger partial charge in [0, 0.05) is 36.4 Å². The average molecular weight is 352 g/mol. The van der Waals surface area contributed by atoms with E-state index in [9.17, 15) is 5.11 Å². The van der Waals surface area contributed by atoms with Crippen LogP contribution in [0.2, 0.25) is 0 Å². The van der Waals surface area contributed by atoms with Gasteiger partial charge >= 0.3 is 0 Å². The van der Waals surface area contributed by atoms with Crippen molar-refractivity contribution in [2.75, 3.05) is 18.1 Å². The summed E-state index contributed by atoms with van der Waals surface area (Å²) in [5, 5.41) is 26.6. The van der Waals surface area contributed by atoms with Gasteiger partial charge in [-0.3, -0.25) is 4.98 Å². The second-order valence-corrected chi connectivity index (χ2v) is 6.28. The fourth-order valence-corrected chi connectivity index (χ4v) is 3.26. The Labute approximate surface area is 148 Å². The van der Waals surface area contributed by atoms with Crippen LogP contribution in [0.25, 0.3) is 17.0 Å². The molecule has 25 heavy (non-hydrogen) atoms. The maximum atomic E-state index is 9.44. The van der Waals surface area contributed by atoms with Crippen molar-refractivity contribution in [3.63, 3.8) is 0 Å². The molecular formula is C17H16N6OS. The number of fused-ring (bicyclic) bond motifs is 1. The molecule has 4 aromatic heterocycles. The minimum absolute atomic E-state index is 0.0412. The standard InChI is InChI=1S/C17H16N6OS/c24-8-7-22(11-13-2-1-6-18-10-13)16-4-3-15-19-20-17(23(15)21-16)14-5-9-25-12-14/h1-6,9-10,12,24H,7-8,11H2. The first kappa shape index (κ1) is 15.7. The smallest absolute Gasteiger partial charge is 0.186 e. The first-order valence-corrected chi connectivity index (χ1v) is 8.79. The maximum Gasteiger partial charge on any atom is 0.186 e. The zero-order chi connectivity index (χ0) is 17.1. The molecule has 0 aliphatic carbocycles. The fraction of sp³-hybridized carbons (Fsp3) is 0.176. The van der Waals surface area contributed by atoms with Crippen molar-refractivity contribution >= 4 is 22.8 Å². The zero-order valence-corrected chi connectivity index (χ0v) is 14.2. The Balaban J connectivity index is 1.72. The highest BCUT2D eigenvalue weighted by Gasteiger charge is 2.14. The van der Waals surface area contributed by atoms with Gasteiger partial charge in [0.2, 0.25) is 0 Å². The molecule has 4 rings (SSSR count). The summed E-state index contributed by atoms with van der Waals surface area (Å²) in [7, 11) is 0. The Hall–Kier alpha value is -2.84. The number of aromatic nitrogens is 5. The molecule has 0 saturated carbocycles. The SMILES string of the molecule is OCCN(Cc1cccnc1)c1ccc2nnc(-c3ccsc3)n2n1. The highest BCUT2D eigenvalue weighted by Crippen LogP contribution is 2.22. The molecule has 0 radical (unpaired) electrons. The van der Waals surface area contributed by atoms with Crippen LogP contribution < -0.4 is 4.90 Å². The Kier molecular flexibility index (Phi) is 4.36. The van der Waals surface area contributed by atoms with Crippen LogP contribution in [0, 0.1) is 0 Å². The minimum atomic E-state index is 0.0412. The van der Waals surface area contributed by atoms with E-state index < -0.39 is 0 Å². The van der Waals surface area contributed by atoms with Crippen LogP contribution >= 0.6 is 11.3 Å². The number of aliphatic hydroxyl groups excluding tert-OH is 1. The molecule has 8 heteroatoms. The summed E-state index contributed by atoms with van der Waals surface area (Å²) in [6.07, 6.45) is 3.56. The lowest BCUT2D eigenvalue weighted by molar-refractivity contribution is 0.301. The molecule has 0 unspecified atom stereocenters. The first-order chi connectivity index (χ1) is 12.3. The maximum absolute atomic E-state index is 9.44. The van der Waals surface area contributed by atoms with Crippen LogP contribution in [0.15, 0.2) is 53.5 Å². The molecule has 0 amide bonds. The third-order valence-electron chi connectivity index (χ3n) is 3.82. The van der Waals surface area contributed by atoms with Crippen molar-refractivity contribution < 1.29 is 5.11 Å². The summed E-state index contributed by atoms with van der Waals surface area (Å²) < 4.78 is 1.74. The van der Waals surface area contributed by atoms with E-state index >= 15 is 0 Å². The van der Waals surface area contributed by atoms with Crippen molar-refractivity contribution in [2.45, 2.75) is 6.54 Å². The zero-order valence-electron chi connectivity index (χ0n) is 13.4. The lowest BCUT2D eigenvalue weighted by Gasteiger charge is -2.22. The number of aliphatic hydroxyl groups is 1. The normalized spacial score (nSPS) is 11.1. The van der Waals surface area contributed by atoms with Gasteiger partial charge in [-0.2, -0.15) is 15.9 Å². The Morgan fingerprint density at radius 2 is 2.12 bits per heavy atom. The third kappa shape index (κ3) is 3.21. The van der Waals surface area contributed by atoms with Crippen molar-refractivity contribution in [3.05, 3.63) is 59.0 Å². The van der Waals surface area contributed by atoms with E-state index in [1.165, 1.54) is 0 Å². The van der Waals surface area contributed by atoms with Gasteiger partial charge in [0.25, 0.3) is 0 Å². The highest BCUT2D eigenvalue weighted by molar-refractivity contribution is 7.08. The number of hydrogen-bond acceptors (Lipinski definition) is 7. The molecule has 0 atom stereocenters. The fourth-order valence-electron chi connectivity index (χ4n) is 2.63. The van der Waals surface area contributed by atoms with Crippen molar-refractivity contribution in [3.8, 4) is 11.4 Å². The van der Waals surface area contributed by atoms with Crippen LogP contribution in [0.4, 0.5) is 5.82 Å². The van der Waals surface area contributed by atoms with Crippen LogP contribution in [0.1, 0.15) is 5.56 Å². The second kappa shape index (κ2) is 6.96. The van der Waals surface area contributed by atoms with Crippen LogP contribution in [-0.4, -0.2) is 43.1 Å². The quantitative estimate of drug-likeness (QED) is 0.573. The molecule has 0 saturated heterocycles. The summed E-state index contributed by atoms with van der Waals surface area (Å²) >= 11 is 1.61. The molecular weight excluding hydrogens is 336 g/mol. The molecule has 0 aliphatic heterocycles. The van der Waals surface area contributed by atoms with Crippen molar-refractivity contribution in [1.82, 2.24) is 24.8 Å². The van der Waals surface area contributed by atoms with Gasteiger partial charge < -0.3 is 10.0 Å². The number of thiophene rings is 1. The minimum Gasteiger partial charge on any atom is -0.395 e. The number of hydrogen-bond donors (Lipinski definition) is 1. The van der Waals surface area contributed by atoms with E-state index in [1.54, 1.807) is 22.0 Å². The summed E-state index contributed by atoms with van der Waals surface area (Å²) in [4.78, 5) is 6.16. The average Bonchev–Trinajstić information content (AvgIpc) is 3.31. The molecule has 7 nitrogen and oxygen atoms in total. The molecule has 4 heterocycles. The van der Waals surface area contributed by atoms with Crippen molar-refractivity contribution in [1.29, 1.82) is 0 Å². The van der Waals surface area contributed by atoms with Crippen LogP contribution in [-0.2, 0) is 6.54 Å². The van der Waals surface area contributed by atoms with E-state index in [4.69, 9.17) is 5.10 Å². The lowest BCUT2D eigenvalue weighted by atomic mass is 10.2. The molecule has 1 N–H and O–H groups in total. The highest BCUT2D eigenvalue weighted by atomic mass is 32.1. The largest absolute Gasteiger partial charge is 0.395 e.